The molecule has 1 N–H and O–H groups in total. The zero-order chi connectivity index (χ0) is 26.5. The molecule has 0 saturated carbocycles. The van der Waals surface area contributed by atoms with Crippen molar-refractivity contribution in [3.05, 3.63) is 57.7 Å². The summed E-state index contributed by atoms with van der Waals surface area (Å²) in [5.74, 6) is 1.54. The van der Waals surface area contributed by atoms with Crippen LogP contribution in [-0.2, 0) is 17.8 Å². The number of benzene rings is 2. The molecule has 1 amide bonds. The van der Waals surface area contributed by atoms with Gasteiger partial charge >= 0.3 is 0 Å². The minimum atomic E-state index is -0.180. The van der Waals surface area contributed by atoms with Gasteiger partial charge in [-0.05, 0) is 42.9 Å². The maximum atomic E-state index is 12.7. The third-order valence-corrected chi connectivity index (χ3v) is 7.57. The topological polar surface area (TPSA) is 96.7 Å². The molecule has 0 fully saturated rings. The van der Waals surface area contributed by atoms with Crippen LogP contribution >= 0.6 is 27.7 Å². The molecule has 37 heavy (non-hydrogen) atoms. The Morgan fingerprint density at radius 2 is 1.81 bits per heavy atom. The molecule has 8 nitrogen and oxygen atoms in total. The molecule has 10 heteroatoms. The van der Waals surface area contributed by atoms with Gasteiger partial charge in [0.1, 0.15) is 16.8 Å². The number of ether oxygens (including phenoxy) is 3. The Kier molecular flexibility index (Phi) is 8.59. The normalized spacial score (nSPS) is 12.9. The third kappa shape index (κ3) is 5.85. The number of nitriles is 1. The average molecular weight is 584 g/mol. The summed E-state index contributed by atoms with van der Waals surface area (Å²) >= 11 is 4.64. The molecule has 1 aliphatic heterocycles. The summed E-state index contributed by atoms with van der Waals surface area (Å²) in [4.78, 5) is 19.8. The van der Waals surface area contributed by atoms with Crippen molar-refractivity contribution < 1.29 is 19.0 Å². The van der Waals surface area contributed by atoms with Gasteiger partial charge < -0.3 is 24.4 Å². The first-order valence-electron chi connectivity index (χ1n) is 11.5. The molecular weight excluding hydrogens is 556 g/mol. The lowest BCUT2D eigenvalue weighted by Crippen LogP contribution is -2.28. The van der Waals surface area contributed by atoms with E-state index in [1.165, 1.54) is 11.8 Å². The van der Waals surface area contributed by atoms with Crippen molar-refractivity contribution in [2.75, 3.05) is 46.0 Å². The van der Waals surface area contributed by atoms with Gasteiger partial charge in [0.15, 0.2) is 11.5 Å². The summed E-state index contributed by atoms with van der Waals surface area (Å²) < 4.78 is 17.7. The van der Waals surface area contributed by atoms with E-state index >= 15 is 0 Å². The number of nitrogens with one attached hydrogen (secondary N) is 1. The number of carbonyl (C=O) groups is 1. The Labute approximate surface area is 229 Å². The number of methoxy groups -OCH3 is 3. The van der Waals surface area contributed by atoms with E-state index in [4.69, 9.17) is 19.2 Å². The predicted octanol–water partition coefficient (Wildman–Crippen LogP) is 5.13. The molecule has 2 heterocycles. The Balaban J connectivity index is 1.77. The van der Waals surface area contributed by atoms with E-state index in [0.29, 0.717) is 45.6 Å². The van der Waals surface area contributed by atoms with E-state index < -0.39 is 0 Å². The van der Waals surface area contributed by atoms with Gasteiger partial charge in [-0.2, -0.15) is 5.26 Å². The molecule has 0 bridgehead atoms. The summed E-state index contributed by atoms with van der Waals surface area (Å²) in [5, 5.41) is 13.7. The highest BCUT2D eigenvalue weighted by Gasteiger charge is 2.28. The highest BCUT2D eigenvalue weighted by molar-refractivity contribution is 9.10. The van der Waals surface area contributed by atoms with Crippen molar-refractivity contribution in [3.8, 4) is 34.4 Å². The number of pyridine rings is 1. The van der Waals surface area contributed by atoms with Gasteiger partial charge in [-0.3, -0.25) is 4.79 Å². The van der Waals surface area contributed by atoms with Crippen molar-refractivity contribution >= 4 is 39.3 Å². The number of anilines is 1. The fraction of sp³-hybridized carbons (Fsp3) is 0.296. The van der Waals surface area contributed by atoms with Crippen molar-refractivity contribution in [3.63, 3.8) is 0 Å². The zero-order valence-electron chi connectivity index (χ0n) is 21.1. The number of hydrogen-bond acceptors (Lipinski definition) is 8. The third-order valence-electron chi connectivity index (χ3n) is 6.06. The summed E-state index contributed by atoms with van der Waals surface area (Å²) in [6.07, 6.45) is 0.735. The van der Waals surface area contributed by atoms with Crippen molar-refractivity contribution in [1.82, 2.24) is 9.88 Å². The number of fused-ring (bicyclic) bond motifs is 1. The molecule has 1 aromatic heterocycles. The lowest BCUT2D eigenvalue weighted by Gasteiger charge is -2.28. The number of rotatable bonds is 8. The van der Waals surface area contributed by atoms with Crippen LogP contribution in [0.2, 0.25) is 0 Å². The van der Waals surface area contributed by atoms with Crippen LogP contribution in [0.1, 0.15) is 16.8 Å². The molecule has 4 rings (SSSR count). The SMILES string of the molecule is COc1cc(OC)c(-c2c(C#N)c(SCC(=O)Nc3ccc(Br)cc3)nc3c2CN(C)CC3)cc1OC. The van der Waals surface area contributed by atoms with Crippen LogP contribution in [0, 0.1) is 11.3 Å². The minimum Gasteiger partial charge on any atom is -0.496 e. The van der Waals surface area contributed by atoms with Gasteiger partial charge in [-0.25, -0.2) is 4.98 Å². The van der Waals surface area contributed by atoms with Crippen LogP contribution in [0.15, 0.2) is 45.9 Å². The summed E-state index contributed by atoms with van der Waals surface area (Å²) in [6.45, 7) is 1.49. The van der Waals surface area contributed by atoms with Gasteiger partial charge in [0, 0.05) is 52.6 Å². The Morgan fingerprint density at radius 1 is 1.14 bits per heavy atom. The number of nitrogens with zero attached hydrogens (tertiary/aromatic N) is 3. The first-order chi connectivity index (χ1) is 17.9. The zero-order valence-corrected chi connectivity index (χ0v) is 23.5. The molecule has 0 saturated heterocycles. The molecule has 0 aliphatic carbocycles. The first-order valence-corrected chi connectivity index (χ1v) is 13.3. The van der Waals surface area contributed by atoms with Gasteiger partial charge in [0.05, 0.1) is 32.6 Å². The number of thioether (sulfide) groups is 1. The van der Waals surface area contributed by atoms with E-state index in [1.54, 1.807) is 27.4 Å². The predicted molar refractivity (Wildman–Crippen MR) is 148 cm³/mol. The number of aromatic nitrogens is 1. The van der Waals surface area contributed by atoms with Crippen molar-refractivity contribution in [2.24, 2.45) is 0 Å². The molecule has 1 aliphatic rings. The van der Waals surface area contributed by atoms with Gasteiger partial charge in [0.25, 0.3) is 0 Å². The fourth-order valence-corrected chi connectivity index (χ4v) is 5.34. The maximum Gasteiger partial charge on any atom is 0.234 e. The Bertz CT molecular complexity index is 1360. The number of carbonyl (C=O) groups excluding carboxylic acids is 1. The summed E-state index contributed by atoms with van der Waals surface area (Å²) in [6, 6.07) is 13.3. The van der Waals surface area contributed by atoms with E-state index in [-0.39, 0.29) is 11.7 Å². The molecule has 0 atom stereocenters. The first kappa shape index (κ1) is 26.8. The van der Waals surface area contributed by atoms with E-state index in [2.05, 4.69) is 32.2 Å². The Morgan fingerprint density at radius 3 is 2.46 bits per heavy atom. The second-order valence-electron chi connectivity index (χ2n) is 8.44. The van der Waals surface area contributed by atoms with Crippen LogP contribution in [0.3, 0.4) is 0 Å². The highest BCUT2D eigenvalue weighted by atomic mass is 79.9. The van der Waals surface area contributed by atoms with Gasteiger partial charge in [-0.15, -0.1) is 0 Å². The van der Waals surface area contributed by atoms with Crippen LogP contribution in [0.5, 0.6) is 17.2 Å². The van der Waals surface area contributed by atoms with Crippen LogP contribution in [0.4, 0.5) is 5.69 Å². The monoisotopic (exact) mass is 582 g/mol. The maximum absolute atomic E-state index is 12.7. The average Bonchev–Trinajstić information content (AvgIpc) is 2.91. The molecule has 0 radical (unpaired) electrons. The molecule has 0 spiro atoms. The lowest BCUT2D eigenvalue weighted by molar-refractivity contribution is -0.113. The quantitative estimate of drug-likeness (QED) is 0.365. The minimum absolute atomic E-state index is 0.110. The van der Waals surface area contributed by atoms with E-state index in [9.17, 15) is 10.1 Å². The number of likely N-dealkylation sites (N-methyl/N-ethyl adjacent to an activating group) is 1. The molecule has 0 unspecified atom stereocenters. The van der Waals surface area contributed by atoms with Crippen molar-refractivity contribution in [1.29, 1.82) is 5.26 Å². The number of amides is 1. The lowest BCUT2D eigenvalue weighted by atomic mass is 9.91. The highest BCUT2D eigenvalue weighted by Crippen LogP contribution is 2.45. The smallest absolute Gasteiger partial charge is 0.234 e. The van der Waals surface area contributed by atoms with Gasteiger partial charge in [0.2, 0.25) is 5.91 Å². The summed E-state index contributed by atoms with van der Waals surface area (Å²) in [7, 11) is 6.76. The largest absolute Gasteiger partial charge is 0.496 e. The van der Waals surface area contributed by atoms with Crippen LogP contribution in [-0.4, -0.2) is 56.5 Å². The molecule has 192 valence electrons. The fourth-order valence-electron chi connectivity index (χ4n) is 4.27. The van der Waals surface area contributed by atoms with E-state index in [1.807, 2.05) is 37.4 Å². The van der Waals surface area contributed by atoms with Crippen LogP contribution in [0.25, 0.3) is 11.1 Å². The second-order valence-corrected chi connectivity index (χ2v) is 10.3. The van der Waals surface area contributed by atoms with Crippen LogP contribution < -0.4 is 19.5 Å². The molecule has 3 aromatic rings. The standard InChI is InChI=1S/C27H27BrN4O4S/c1-32-10-9-21-20(14-32)26(18-11-23(35-3)24(36-4)12-22(18)34-2)19(13-29)27(31-21)37-15-25(33)30-17-7-5-16(28)6-8-17/h5-8,11-12H,9-10,14-15H2,1-4H3,(H,30,33). The second kappa shape index (κ2) is 11.9. The number of hydrogen-bond donors (Lipinski definition) is 1. The molecule has 2 aromatic carbocycles. The summed E-state index contributed by atoms with van der Waals surface area (Å²) in [5.41, 5.74) is 4.45. The molecular formula is C27H27BrN4O4S. The Hall–Kier alpha value is -3.26. The van der Waals surface area contributed by atoms with E-state index in [0.717, 1.165) is 34.3 Å². The number of halogens is 1. The van der Waals surface area contributed by atoms with Gasteiger partial charge in [-0.1, -0.05) is 27.7 Å². The van der Waals surface area contributed by atoms with Crippen molar-refractivity contribution in [2.45, 2.75) is 18.0 Å².